The lowest BCUT2D eigenvalue weighted by Crippen LogP contribution is -2.42. The standard InChI is InChI=1S/C40H44N4O6S2.2FH/c1-43(28-8-10-29(11-9-28)50-39(48)40(49,35-5-2-21-51-35)36-6-3-22-52-36)18-4-19-44-20-17-27-23-26(7-14-32(27)44)24-41-25-34(46)30-12-15-33(45)38-31(30)13-16-37(47)42-38;;/h2-3,5-7,12-17,20-23,28-29,34,41,45-46,49H,4,8-11,18-19,24-25H2,1H3,(H,42,47);2*1H/t28?,29?,34-;;/m0../s1. The topological polar surface area (TPSA) is 140 Å². The molecule has 4 aromatic heterocycles. The zero-order chi connectivity index (χ0) is 36.2. The van der Waals surface area contributed by atoms with Gasteiger partial charge in [-0.15, -0.1) is 22.7 Å². The number of nitrogens with one attached hydrogen (secondary N) is 2. The maximum absolute atomic E-state index is 13.4. The first-order valence-electron chi connectivity index (χ1n) is 17.7. The number of pyridine rings is 1. The number of aromatic amines is 1. The number of aromatic nitrogens is 2. The Morgan fingerprint density at radius 3 is 2.43 bits per heavy atom. The predicted octanol–water partition coefficient (Wildman–Crippen LogP) is 6.55. The number of fused-ring (bicyclic) bond motifs is 2. The molecule has 1 aliphatic rings. The van der Waals surface area contributed by atoms with Crippen molar-refractivity contribution in [2.75, 3.05) is 20.1 Å². The number of thiophene rings is 2. The van der Waals surface area contributed by atoms with Crippen LogP contribution in [0.5, 0.6) is 5.75 Å². The van der Waals surface area contributed by atoms with E-state index in [0.717, 1.165) is 50.8 Å². The molecule has 6 aromatic rings. The number of ether oxygens (including phenoxy) is 1. The van der Waals surface area contributed by atoms with Crippen molar-refractivity contribution >= 4 is 50.4 Å². The third-order valence-electron chi connectivity index (χ3n) is 10.3. The molecule has 0 aliphatic heterocycles. The Kier molecular flexibility index (Phi) is 13.4. The van der Waals surface area contributed by atoms with Gasteiger partial charge in [-0.2, -0.15) is 0 Å². The van der Waals surface area contributed by atoms with Gasteiger partial charge in [-0.05, 0) is 115 Å². The van der Waals surface area contributed by atoms with E-state index in [0.29, 0.717) is 45.4 Å². The largest absolute Gasteiger partial charge is 0.506 e. The number of aliphatic hydroxyl groups excluding tert-OH is 1. The van der Waals surface area contributed by atoms with Crippen LogP contribution in [-0.4, -0.2) is 68.0 Å². The molecular weight excluding hydrogens is 735 g/mol. The lowest BCUT2D eigenvalue weighted by atomic mass is 9.91. The normalized spacial score (nSPS) is 16.6. The number of benzene rings is 2. The van der Waals surface area contributed by atoms with Crippen molar-refractivity contribution < 1.29 is 34.3 Å². The van der Waals surface area contributed by atoms with Crippen LogP contribution in [0, 0.1) is 0 Å². The monoisotopic (exact) mass is 780 g/mol. The number of aliphatic hydroxyl groups is 2. The van der Waals surface area contributed by atoms with Crippen LogP contribution in [0.15, 0.2) is 94.5 Å². The fraction of sp³-hybridized carbons (Fsp3) is 0.350. The number of aryl methyl sites for hydroxylation is 1. The molecule has 0 bridgehead atoms. The van der Waals surface area contributed by atoms with E-state index in [4.69, 9.17) is 4.74 Å². The number of hydrogen-bond acceptors (Lipinski definition) is 10. The van der Waals surface area contributed by atoms with Gasteiger partial charge in [0.2, 0.25) is 11.2 Å². The van der Waals surface area contributed by atoms with Gasteiger partial charge in [-0.3, -0.25) is 14.2 Å². The number of aromatic hydroxyl groups is 1. The lowest BCUT2D eigenvalue weighted by Gasteiger charge is -2.35. The second kappa shape index (κ2) is 17.8. The van der Waals surface area contributed by atoms with Crippen molar-refractivity contribution in [2.24, 2.45) is 0 Å². The molecule has 4 heterocycles. The zero-order valence-corrected chi connectivity index (χ0v) is 31.5. The first-order chi connectivity index (χ1) is 25.2. The van der Waals surface area contributed by atoms with E-state index in [1.54, 1.807) is 24.3 Å². The summed E-state index contributed by atoms with van der Waals surface area (Å²) in [6, 6.07) is 22.4. The van der Waals surface area contributed by atoms with Gasteiger partial charge < -0.3 is 39.8 Å². The van der Waals surface area contributed by atoms with Crippen LogP contribution >= 0.6 is 22.7 Å². The summed E-state index contributed by atoms with van der Waals surface area (Å²) < 4.78 is 8.25. The molecule has 7 rings (SSSR count). The molecule has 1 atom stereocenters. The molecule has 2 aromatic carbocycles. The van der Waals surface area contributed by atoms with Gasteiger partial charge in [0.1, 0.15) is 11.9 Å². The van der Waals surface area contributed by atoms with E-state index in [1.807, 2.05) is 22.9 Å². The van der Waals surface area contributed by atoms with Gasteiger partial charge in [-0.1, -0.05) is 24.3 Å². The minimum absolute atomic E-state index is 0. The smallest absolute Gasteiger partial charge is 0.349 e. The molecular formula is C40H46F2N4O6S2. The molecule has 1 fully saturated rings. The summed E-state index contributed by atoms with van der Waals surface area (Å²) in [5, 5.41) is 41.5. The molecule has 288 valence electrons. The number of rotatable bonds is 14. The molecule has 1 saturated carbocycles. The van der Waals surface area contributed by atoms with Gasteiger partial charge in [0.15, 0.2) is 0 Å². The Hall–Kier alpha value is -4.44. The third kappa shape index (κ3) is 8.59. The lowest BCUT2D eigenvalue weighted by molar-refractivity contribution is -0.169. The van der Waals surface area contributed by atoms with Crippen molar-refractivity contribution in [1.82, 2.24) is 19.8 Å². The number of esters is 1. The van der Waals surface area contributed by atoms with Crippen molar-refractivity contribution in [3.8, 4) is 5.75 Å². The Morgan fingerprint density at radius 2 is 1.74 bits per heavy atom. The third-order valence-corrected chi connectivity index (χ3v) is 12.2. The molecule has 0 unspecified atom stereocenters. The van der Waals surface area contributed by atoms with E-state index < -0.39 is 17.7 Å². The summed E-state index contributed by atoms with van der Waals surface area (Å²) >= 11 is 2.72. The number of halogens is 2. The molecule has 0 radical (unpaired) electrons. The number of nitrogens with zero attached hydrogens (tertiary/aromatic N) is 2. The quantitative estimate of drug-likeness (QED) is 0.0785. The van der Waals surface area contributed by atoms with Crippen LogP contribution in [0.1, 0.15) is 59.1 Å². The summed E-state index contributed by atoms with van der Waals surface area (Å²) in [6.45, 7) is 2.76. The molecule has 0 spiro atoms. The molecule has 5 N–H and O–H groups in total. The predicted molar refractivity (Wildman–Crippen MR) is 211 cm³/mol. The molecule has 10 nitrogen and oxygen atoms in total. The number of carbonyl (C=O) groups is 1. The highest BCUT2D eigenvalue weighted by molar-refractivity contribution is 7.12. The van der Waals surface area contributed by atoms with Gasteiger partial charge in [-0.25, -0.2) is 4.79 Å². The van der Waals surface area contributed by atoms with Crippen LogP contribution in [0.25, 0.3) is 21.8 Å². The van der Waals surface area contributed by atoms with Gasteiger partial charge in [0, 0.05) is 48.8 Å². The average molecular weight is 781 g/mol. The van der Waals surface area contributed by atoms with E-state index in [-0.39, 0.29) is 26.8 Å². The molecule has 14 heteroatoms. The number of phenolic OH excluding ortho intramolecular Hbond substituents is 1. The summed E-state index contributed by atoms with van der Waals surface area (Å²) in [4.78, 5) is 31.3. The minimum Gasteiger partial charge on any atom is -0.506 e. The highest BCUT2D eigenvalue weighted by Crippen LogP contribution is 2.38. The van der Waals surface area contributed by atoms with Crippen molar-refractivity contribution in [2.45, 2.75) is 69.0 Å². The van der Waals surface area contributed by atoms with E-state index in [1.165, 1.54) is 45.7 Å². The summed E-state index contributed by atoms with van der Waals surface area (Å²) in [5.41, 5.74) is 1.18. The van der Waals surface area contributed by atoms with Crippen molar-refractivity contribution in [3.63, 3.8) is 0 Å². The maximum atomic E-state index is 13.4. The summed E-state index contributed by atoms with van der Waals surface area (Å²) in [5.74, 6) is -0.616. The van der Waals surface area contributed by atoms with E-state index >= 15 is 0 Å². The van der Waals surface area contributed by atoms with E-state index in [2.05, 4.69) is 57.3 Å². The molecule has 54 heavy (non-hydrogen) atoms. The first kappa shape index (κ1) is 40.7. The van der Waals surface area contributed by atoms with Crippen LogP contribution < -0.4 is 10.9 Å². The average Bonchev–Trinajstić information content (AvgIpc) is 3.96. The SMILES string of the molecule is CN(CCCn1ccc2cc(CNC[C@H](O)c3ccc(O)c4[nH]c(=O)ccc34)ccc21)C1CCC(OC(=O)C(O)(c2cccs2)c2cccs2)CC1.F.F. The number of carbonyl (C=O) groups excluding carboxylic acids is 1. The number of hydrogen-bond donors (Lipinski definition) is 5. The van der Waals surface area contributed by atoms with Crippen LogP contribution in [0.2, 0.25) is 0 Å². The van der Waals surface area contributed by atoms with Gasteiger partial charge in [0.25, 0.3) is 0 Å². The highest BCUT2D eigenvalue weighted by Gasteiger charge is 2.45. The van der Waals surface area contributed by atoms with Gasteiger partial charge >= 0.3 is 5.97 Å². The molecule has 0 saturated heterocycles. The maximum Gasteiger partial charge on any atom is 0.349 e. The fourth-order valence-electron chi connectivity index (χ4n) is 7.37. The Labute approximate surface area is 319 Å². The Balaban J connectivity index is 0.00000280. The van der Waals surface area contributed by atoms with Crippen molar-refractivity contribution in [1.29, 1.82) is 0 Å². The van der Waals surface area contributed by atoms with Gasteiger partial charge in [0.05, 0.1) is 21.4 Å². The Morgan fingerprint density at radius 1 is 1.02 bits per heavy atom. The first-order valence-corrected chi connectivity index (χ1v) is 19.5. The number of phenols is 1. The van der Waals surface area contributed by atoms with Crippen molar-refractivity contribution in [3.05, 3.63) is 121 Å². The molecule has 1 aliphatic carbocycles. The second-order valence-corrected chi connectivity index (χ2v) is 15.6. The Bertz CT molecular complexity index is 2150. The molecule has 0 amide bonds. The minimum atomic E-state index is -1.77. The number of H-pyrrole nitrogens is 1. The zero-order valence-electron chi connectivity index (χ0n) is 29.9. The fourth-order valence-corrected chi connectivity index (χ4v) is 9.09. The summed E-state index contributed by atoms with van der Waals surface area (Å²) in [7, 11) is 2.18. The van der Waals surface area contributed by atoms with E-state index in [9.17, 15) is 24.9 Å². The van der Waals surface area contributed by atoms with Crippen LogP contribution in [0.3, 0.4) is 0 Å². The van der Waals surface area contributed by atoms with Crippen LogP contribution in [-0.2, 0) is 28.2 Å². The summed E-state index contributed by atoms with van der Waals surface area (Å²) in [6.07, 6.45) is 5.57. The second-order valence-electron chi connectivity index (χ2n) is 13.7. The highest BCUT2D eigenvalue weighted by atomic mass is 32.1. The van der Waals surface area contributed by atoms with Crippen LogP contribution in [0.4, 0.5) is 9.41 Å².